The number of imidazole rings is 1. The van der Waals surface area contributed by atoms with Crippen molar-refractivity contribution in [2.24, 2.45) is 7.05 Å². The van der Waals surface area contributed by atoms with Crippen LogP contribution < -0.4 is 10.1 Å². The van der Waals surface area contributed by atoms with Gasteiger partial charge in [-0.3, -0.25) is 10.1 Å². The average molecular weight is 327 g/mol. The first-order valence-corrected chi connectivity index (χ1v) is 6.81. The Bertz CT molecular complexity index is 710. The van der Waals surface area contributed by atoms with E-state index in [4.69, 9.17) is 4.74 Å². The van der Waals surface area contributed by atoms with Crippen LogP contribution in [-0.2, 0) is 18.0 Å². The number of rotatable bonds is 4. The van der Waals surface area contributed by atoms with E-state index in [9.17, 15) is 18.0 Å². The fourth-order valence-electron chi connectivity index (χ4n) is 1.95. The molecule has 0 aliphatic rings. The molecule has 0 bridgehead atoms. The second-order valence-corrected chi connectivity index (χ2v) is 5.09. The van der Waals surface area contributed by atoms with Crippen molar-refractivity contribution in [2.45, 2.75) is 26.1 Å². The van der Waals surface area contributed by atoms with Crippen molar-refractivity contribution in [1.82, 2.24) is 9.55 Å². The summed E-state index contributed by atoms with van der Waals surface area (Å²) in [6.45, 7) is 3.38. The molecule has 1 heterocycles. The van der Waals surface area contributed by atoms with Crippen LogP contribution in [0.1, 0.15) is 18.2 Å². The third-order valence-electron chi connectivity index (χ3n) is 3.19. The number of ether oxygens (including phenoxy) is 1. The summed E-state index contributed by atoms with van der Waals surface area (Å²) in [5.41, 5.74) is 0.0223. The molecule has 0 aliphatic heterocycles. The Morgan fingerprint density at radius 3 is 2.65 bits per heavy atom. The van der Waals surface area contributed by atoms with Gasteiger partial charge in [-0.15, -0.1) is 0 Å². The van der Waals surface area contributed by atoms with E-state index >= 15 is 0 Å². The minimum absolute atomic E-state index is 0.193. The van der Waals surface area contributed by atoms with Gasteiger partial charge in [0.25, 0.3) is 5.91 Å². The van der Waals surface area contributed by atoms with Gasteiger partial charge in [0.2, 0.25) is 5.95 Å². The van der Waals surface area contributed by atoms with Crippen LogP contribution in [0, 0.1) is 6.92 Å². The topological polar surface area (TPSA) is 56.1 Å². The number of amides is 1. The summed E-state index contributed by atoms with van der Waals surface area (Å²) in [6, 6.07) is 7.11. The summed E-state index contributed by atoms with van der Waals surface area (Å²) in [7, 11) is 1.18. The molecule has 0 saturated heterocycles. The van der Waals surface area contributed by atoms with Gasteiger partial charge in [-0.05, 0) is 31.5 Å². The monoisotopic (exact) mass is 327 g/mol. The second-order valence-electron chi connectivity index (χ2n) is 5.09. The van der Waals surface area contributed by atoms with Crippen molar-refractivity contribution in [2.75, 3.05) is 5.32 Å². The van der Waals surface area contributed by atoms with Gasteiger partial charge in [0, 0.05) is 7.05 Å². The van der Waals surface area contributed by atoms with Crippen molar-refractivity contribution in [1.29, 1.82) is 0 Å². The van der Waals surface area contributed by atoms with Gasteiger partial charge < -0.3 is 9.30 Å². The predicted molar refractivity (Wildman–Crippen MR) is 78.1 cm³/mol. The number of anilines is 1. The standard InChI is InChI=1S/C15H16F3N3O2/c1-9-5-4-6-11(7-9)23-10(2)13(22)20-14-19-8-12(21(14)3)15(16,17)18/h4-8,10H,1-3H3,(H,19,20,22). The normalized spacial score (nSPS) is 12.8. The lowest BCUT2D eigenvalue weighted by molar-refractivity contribution is -0.143. The van der Waals surface area contributed by atoms with Gasteiger partial charge in [-0.2, -0.15) is 13.2 Å². The zero-order valence-electron chi connectivity index (χ0n) is 12.8. The smallest absolute Gasteiger partial charge is 0.433 e. The molecular formula is C15H16F3N3O2. The number of nitrogens with zero attached hydrogens (tertiary/aromatic N) is 2. The number of benzene rings is 1. The predicted octanol–water partition coefficient (Wildman–Crippen LogP) is 3.15. The summed E-state index contributed by atoms with van der Waals surface area (Å²) in [5.74, 6) is -0.278. The Morgan fingerprint density at radius 1 is 1.39 bits per heavy atom. The number of hydrogen-bond donors (Lipinski definition) is 1. The molecule has 1 N–H and O–H groups in total. The maximum atomic E-state index is 12.7. The number of carbonyl (C=O) groups excluding carboxylic acids is 1. The molecule has 5 nitrogen and oxygen atoms in total. The largest absolute Gasteiger partial charge is 0.481 e. The molecule has 1 aromatic heterocycles. The molecule has 1 unspecified atom stereocenters. The van der Waals surface area contributed by atoms with Crippen LogP contribution in [0.5, 0.6) is 5.75 Å². The van der Waals surface area contributed by atoms with Crippen LogP contribution in [0.3, 0.4) is 0 Å². The Morgan fingerprint density at radius 2 is 2.09 bits per heavy atom. The number of alkyl halides is 3. The van der Waals surface area contributed by atoms with E-state index in [0.29, 0.717) is 11.9 Å². The maximum absolute atomic E-state index is 12.7. The molecule has 2 rings (SSSR count). The van der Waals surface area contributed by atoms with E-state index in [1.54, 1.807) is 18.2 Å². The average Bonchev–Trinajstić information content (AvgIpc) is 2.80. The Kier molecular flexibility index (Phi) is 4.63. The molecule has 124 valence electrons. The SMILES string of the molecule is Cc1cccc(OC(C)C(=O)Nc2ncc(C(F)(F)F)n2C)c1. The number of halogens is 3. The first kappa shape index (κ1) is 16.9. The summed E-state index contributed by atoms with van der Waals surface area (Å²) in [4.78, 5) is 15.6. The Balaban J connectivity index is 2.06. The van der Waals surface area contributed by atoms with Gasteiger partial charge in [-0.25, -0.2) is 4.98 Å². The van der Waals surface area contributed by atoms with Crippen LogP contribution in [-0.4, -0.2) is 21.6 Å². The highest BCUT2D eigenvalue weighted by Gasteiger charge is 2.35. The van der Waals surface area contributed by atoms with Crippen molar-refractivity contribution in [3.63, 3.8) is 0 Å². The van der Waals surface area contributed by atoms with Crippen molar-refractivity contribution >= 4 is 11.9 Å². The number of aryl methyl sites for hydroxylation is 1. The first-order chi connectivity index (χ1) is 10.7. The number of aromatic nitrogens is 2. The van der Waals surface area contributed by atoms with Gasteiger partial charge in [0.15, 0.2) is 6.10 Å². The molecule has 8 heteroatoms. The molecule has 0 spiro atoms. The summed E-state index contributed by atoms with van der Waals surface area (Å²) >= 11 is 0. The van der Waals surface area contributed by atoms with Gasteiger partial charge in [-0.1, -0.05) is 12.1 Å². The molecule has 2 aromatic rings. The minimum Gasteiger partial charge on any atom is -0.481 e. The molecule has 1 atom stereocenters. The van der Waals surface area contributed by atoms with E-state index in [2.05, 4.69) is 10.3 Å². The summed E-state index contributed by atoms with van der Waals surface area (Å²) < 4.78 is 44.3. The number of carbonyl (C=O) groups is 1. The van der Waals surface area contributed by atoms with E-state index < -0.39 is 23.9 Å². The fourth-order valence-corrected chi connectivity index (χ4v) is 1.95. The minimum atomic E-state index is -4.53. The zero-order chi connectivity index (χ0) is 17.2. The number of nitrogens with one attached hydrogen (secondary N) is 1. The van der Waals surface area contributed by atoms with E-state index in [1.807, 2.05) is 13.0 Å². The Labute approximate surface area is 131 Å². The van der Waals surface area contributed by atoms with Crippen molar-refractivity contribution < 1.29 is 22.7 Å². The third kappa shape index (κ3) is 4.02. The van der Waals surface area contributed by atoms with Crippen LogP contribution in [0.15, 0.2) is 30.5 Å². The quantitative estimate of drug-likeness (QED) is 0.938. The molecule has 0 aliphatic carbocycles. The van der Waals surface area contributed by atoms with Crippen LogP contribution in [0.25, 0.3) is 0 Å². The van der Waals surface area contributed by atoms with Crippen molar-refractivity contribution in [3.05, 3.63) is 41.7 Å². The van der Waals surface area contributed by atoms with Gasteiger partial charge in [0.05, 0.1) is 6.20 Å². The van der Waals surface area contributed by atoms with Gasteiger partial charge in [0.1, 0.15) is 11.4 Å². The van der Waals surface area contributed by atoms with Crippen molar-refractivity contribution in [3.8, 4) is 5.75 Å². The zero-order valence-corrected chi connectivity index (χ0v) is 12.8. The number of hydrogen-bond acceptors (Lipinski definition) is 3. The molecule has 1 aromatic carbocycles. The van der Waals surface area contributed by atoms with Gasteiger partial charge >= 0.3 is 6.18 Å². The highest BCUT2D eigenvalue weighted by molar-refractivity contribution is 5.92. The van der Waals surface area contributed by atoms with E-state index in [1.165, 1.54) is 14.0 Å². The Hall–Kier alpha value is -2.51. The molecule has 1 amide bonds. The molecule has 23 heavy (non-hydrogen) atoms. The lowest BCUT2D eigenvalue weighted by Gasteiger charge is -2.15. The maximum Gasteiger partial charge on any atom is 0.433 e. The fraction of sp³-hybridized carbons (Fsp3) is 0.333. The summed E-state index contributed by atoms with van der Waals surface area (Å²) in [5, 5.41) is 2.33. The highest BCUT2D eigenvalue weighted by atomic mass is 19.4. The lowest BCUT2D eigenvalue weighted by atomic mass is 10.2. The van der Waals surface area contributed by atoms with E-state index in [-0.39, 0.29) is 5.95 Å². The lowest BCUT2D eigenvalue weighted by Crippen LogP contribution is -2.31. The molecule has 0 saturated carbocycles. The highest BCUT2D eigenvalue weighted by Crippen LogP contribution is 2.30. The molecule has 0 radical (unpaired) electrons. The molecular weight excluding hydrogens is 311 g/mol. The molecule has 0 fully saturated rings. The van der Waals surface area contributed by atoms with E-state index in [0.717, 1.165) is 10.1 Å². The van der Waals surface area contributed by atoms with Crippen LogP contribution in [0.2, 0.25) is 0 Å². The summed E-state index contributed by atoms with van der Waals surface area (Å²) in [6.07, 6.45) is -4.75. The third-order valence-corrected chi connectivity index (χ3v) is 3.19. The van der Waals surface area contributed by atoms with Crippen LogP contribution in [0.4, 0.5) is 19.1 Å². The van der Waals surface area contributed by atoms with Crippen LogP contribution >= 0.6 is 0 Å². The second kappa shape index (κ2) is 6.31. The first-order valence-electron chi connectivity index (χ1n) is 6.81.